The Morgan fingerprint density at radius 2 is 1.66 bits per heavy atom. The summed E-state index contributed by atoms with van der Waals surface area (Å²) < 4.78 is 0. The van der Waals surface area contributed by atoms with Crippen molar-refractivity contribution in [3.63, 3.8) is 0 Å². The summed E-state index contributed by atoms with van der Waals surface area (Å²) in [6, 6.07) is 22.0. The lowest BCUT2D eigenvalue weighted by Crippen LogP contribution is -2.38. The van der Waals surface area contributed by atoms with E-state index >= 15 is 0 Å². The SMILES string of the molecule is O=C(O)CNC1C[C@H](CN2CCC(CCCc3ccccc3)CC2)[C@@H](c2ccccc2)C1. The van der Waals surface area contributed by atoms with Crippen molar-refractivity contribution in [3.8, 4) is 0 Å². The van der Waals surface area contributed by atoms with E-state index in [2.05, 4.69) is 70.9 Å². The van der Waals surface area contributed by atoms with Gasteiger partial charge in [0.2, 0.25) is 0 Å². The fourth-order valence-corrected chi connectivity index (χ4v) is 5.86. The molecule has 0 bridgehead atoms. The Kier molecular flexibility index (Phi) is 8.36. The molecule has 2 aromatic rings. The van der Waals surface area contributed by atoms with E-state index in [4.69, 9.17) is 5.11 Å². The number of aryl methyl sites for hydroxylation is 1. The Balaban J connectivity index is 1.25. The molecule has 3 atom stereocenters. The minimum atomic E-state index is -0.765. The second-order valence-electron chi connectivity index (χ2n) is 9.84. The molecule has 2 fully saturated rings. The van der Waals surface area contributed by atoms with Gasteiger partial charge in [-0.1, -0.05) is 67.1 Å². The van der Waals surface area contributed by atoms with Gasteiger partial charge in [0.15, 0.2) is 0 Å². The number of likely N-dealkylation sites (tertiary alicyclic amines) is 1. The average molecular weight is 435 g/mol. The van der Waals surface area contributed by atoms with E-state index in [9.17, 15) is 4.79 Å². The molecule has 2 N–H and O–H groups in total. The van der Waals surface area contributed by atoms with Crippen molar-refractivity contribution in [2.45, 2.75) is 56.9 Å². The number of hydrogen-bond donors (Lipinski definition) is 2. The van der Waals surface area contributed by atoms with E-state index < -0.39 is 5.97 Å². The summed E-state index contributed by atoms with van der Waals surface area (Å²) in [5, 5.41) is 12.3. The molecule has 4 heteroatoms. The molecular formula is C28H38N2O2. The van der Waals surface area contributed by atoms with Crippen LogP contribution in [0, 0.1) is 11.8 Å². The predicted molar refractivity (Wildman–Crippen MR) is 130 cm³/mol. The number of nitrogens with one attached hydrogen (secondary N) is 1. The first-order valence-corrected chi connectivity index (χ1v) is 12.4. The Labute approximate surface area is 193 Å². The maximum Gasteiger partial charge on any atom is 0.317 e. The summed E-state index contributed by atoms with van der Waals surface area (Å²) in [5.41, 5.74) is 2.87. The van der Waals surface area contributed by atoms with E-state index in [-0.39, 0.29) is 6.54 Å². The van der Waals surface area contributed by atoms with Crippen molar-refractivity contribution in [1.82, 2.24) is 10.2 Å². The van der Waals surface area contributed by atoms with E-state index in [1.165, 1.54) is 56.3 Å². The lowest BCUT2D eigenvalue weighted by Gasteiger charge is -2.35. The molecule has 1 heterocycles. The third-order valence-corrected chi connectivity index (χ3v) is 7.58. The monoisotopic (exact) mass is 434 g/mol. The zero-order chi connectivity index (χ0) is 22.2. The van der Waals surface area contributed by atoms with Gasteiger partial charge in [-0.3, -0.25) is 4.79 Å². The van der Waals surface area contributed by atoms with Gasteiger partial charge in [0.05, 0.1) is 6.54 Å². The molecule has 1 aliphatic heterocycles. The van der Waals surface area contributed by atoms with Crippen molar-refractivity contribution in [3.05, 3.63) is 71.8 Å². The van der Waals surface area contributed by atoms with Gasteiger partial charge in [-0.25, -0.2) is 0 Å². The molecule has 4 rings (SSSR count). The summed E-state index contributed by atoms with van der Waals surface area (Å²) >= 11 is 0. The summed E-state index contributed by atoms with van der Waals surface area (Å²) in [7, 11) is 0. The standard InChI is InChI=1S/C28H38N2O2/c31-28(32)20-29-26-18-25(27(19-26)24-12-5-2-6-13-24)21-30-16-14-23(15-17-30)11-7-10-22-8-3-1-4-9-22/h1-6,8-9,12-13,23,25-27,29H,7,10-11,14-21H2,(H,31,32)/t25-,26?,27-/m1/s1. The van der Waals surface area contributed by atoms with E-state index in [0.29, 0.717) is 17.9 Å². The van der Waals surface area contributed by atoms with Crippen molar-refractivity contribution < 1.29 is 9.90 Å². The van der Waals surface area contributed by atoms with Gasteiger partial charge >= 0.3 is 5.97 Å². The van der Waals surface area contributed by atoms with Crippen LogP contribution in [0.25, 0.3) is 0 Å². The maximum absolute atomic E-state index is 11.0. The van der Waals surface area contributed by atoms with E-state index in [0.717, 1.165) is 25.3 Å². The lowest BCUT2D eigenvalue weighted by atomic mass is 9.87. The van der Waals surface area contributed by atoms with Crippen molar-refractivity contribution in [2.24, 2.45) is 11.8 Å². The number of aliphatic carboxylic acids is 1. The summed E-state index contributed by atoms with van der Waals surface area (Å²) in [5.74, 6) is 1.22. The van der Waals surface area contributed by atoms with Gasteiger partial charge in [-0.15, -0.1) is 0 Å². The smallest absolute Gasteiger partial charge is 0.317 e. The molecule has 4 nitrogen and oxygen atoms in total. The van der Waals surface area contributed by atoms with Gasteiger partial charge in [0, 0.05) is 12.6 Å². The van der Waals surface area contributed by atoms with Crippen molar-refractivity contribution in [1.29, 1.82) is 0 Å². The number of nitrogens with zero attached hydrogens (tertiary/aromatic N) is 1. The summed E-state index contributed by atoms with van der Waals surface area (Å²) in [6.45, 7) is 3.62. The summed E-state index contributed by atoms with van der Waals surface area (Å²) in [6.07, 6.45) is 8.59. The van der Waals surface area contributed by atoms with Gasteiger partial charge in [-0.05, 0) is 80.5 Å². The molecule has 0 radical (unpaired) electrons. The zero-order valence-corrected chi connectivity index (χ0v) is 19.2. The van der Waals surface area contributed by atoms with Crippen LogP contribution in [0.3, 0.4) is 0 Å². The first kappa shape index (κ1) is 23.0. The first-order valence-electron chi connectivity index (χ1n) is 12.4. The van der Waals surface area contributed by atoms with Gasteiger partial charge in [-0.2, -0.15) is 0 Å². The van der Waals surface area contributed by atoms with Crippen LogP contribution in [0.5, 0.6) is 0 Å². The fourth-order valence-electron chi connectivity index (χ4n) is 5.86. The second kappa shape index (κ2) is 11.6. The normalized spacial score (nSPS) is 24.6. The highest BCUT2D eigenvalue weighted by atomic mass is 16.4. The molecule has 1 saturated carbocycles. The third-order valence-electron chi connectivity index (χ3n) is 7.58. The summed E-state index contributed by atoms with van der Waals surface area (Å²) in [4.78, 5) is 13.7. The van der Waals surface area contributed by atoms with Crippen LogP contribution in [0.1, 0.15) is 55.6 Å². The third kappa shape index (κ3) is 6.66. The number of hydrogen-bond acceptors (Lipinski definition) is 3. The molecular weight excluding hydrogens is 396 g/mol. The number of carboxylic acids is 1. The molecule has 0 amide bonds. The van der Waals surface area contributed by atoms with Crippen LogP contribution in [0.15, 0.2) is 60.7 Å². The molecule has 2 aromatic carbocycles. The minimum Gasteiger partial charge on any atom is -0.480 e. The van der Waals surface area contributed by atoms with E-state index in [1.807, 2.05) is 0 Å². The molecule has 1 aliphatic carbocycles. The van der Waals surface area contributed by atoms with Crippen LogP contribution in [0.2, 0.25) is 0 Å². The van der Waals surface area contributed by atoms with Crippen molar-refractivity contribution >= 4 is 5.97 Å². The number of benzene rings is 2. The fraction of sp³-hybridized carbons (Fsp3) is 0.536. The predicted octanol–water partition coefficient (Wildman–Crippen LogP) is 4.96. The van der Waals surface area contributed by atoms with E-state index in [1.54, 1.807) is 0 Å². The topological polar surface area (TPSA) is 52.6 Å². The maximum atomic E-state index is 11.0. The molecule has 172 valence electrons. The highest BCUT2D eigenvalue weighted by molar-refractivity contribution is 5.69. The van der Waals surface area contributed by atoms with Crippen LogP contribution in [-0.2, 0) is 11.2 Å². The Morgan fingerprint density at radius 1 is 0.969 bits per heavy atom. The van der Waals surface area contributed by atoms with Crippen LogP contribution in [0.4, 0.5) is 0 Å². The zero-order valence-electron chi connectivity index (χ0n) is 19.2. The highest BCUT2D eigenvalue weighted by Gasteiger charge is 2.36. The second-order valence-corrected chi connectivity index (χ2v) is 9.84. The number of carboxylic acid groups (broad SMARTS) is 1. The first-order chi connectivity index (χ1) is 15.7. The Hall–Kier alpha value is -2.17. The van der Waals surface area contributed by atoms with Crippen LogP contribution < -0.4 is 5.32 Å². The highest BCUT2D eigenvalue weighted by Crippen LogP contribution is 2.40. The molecule has 32 heavy (non-hydrogen) atoms. The van der Waals surface area contributed by atoms with Crippen LogP contribution >= 0.6 is 0 Å². The molecule has 1 unspecified atom stereocenters. The van der Waals surface area contributed by atoms with Crippen LogP contribution in [-0.4, -0.2) is 48.2 Å². The largest absolute Gasteiger partial charge is 0.480 e. The molecule has 0 spiro atoms. The molecule has 2 aliphatic rings. The van der Waals surface area contributed by atoms with Gasteiger partial charge in [0.25, 0.3) is 0 Å². The number of rotatable bonds is 10. The molecule has 1 saturated heterocycles. The van der Waals surface area contributed by atoms with Gasteiger partial charge < -0.3 is 15.3 Å². The van der Waals surface area contributed by atoms with Crippen molar-refractivity contribution in [2.75, 3.05) is 26.2 Å². The lowest BCUT2D eigenvalue weighted by molar-refractivity contribution is -0.136. The number of carbonyl (C=O) groups is 1. The minimum absolute atomic E-state index is 0.0628. The van der Waals surface area contributed by atoms with Gasteiger partial charge in [0.1, 0.15) is 0 Å². The quantitative estimate of drug-likeness (QED) is 0.555. The average Bonchev–Trinajstić information content (AvgIpc) is 3.23. The number of piperidine rings is 1. The Morgan fingerprint density at radius 3 is 2.34 bits per heavy atom. The molecule has 0 aromatic heterocycles. The Bertz CT molecular complexity index is 818.